The van der Waals surface area contributed by atoms with Crippen molar-refractivity contribution in [3.63, 3.8) is 0 Å². The predicted octanol–water partition coefficient (Wildman–Crippen LogP) is 2.03. The van der Waals surface area contributed by atoms with Crippen molar-refractivity contribution in [1.29, 1.82) is 0 Å². The smallest absolute Gasteiger partial charge is 0.261 e. The fourth-order valence-electron chi connectivity index (χ4n) is 2.94. The van der Waals surface area contributed by atoms with Crippen LogP contribution in [0.15, 0.2) is 48.8 Å². The van der Waals surface area contributed by atoms with Gasteiger partial charge in [0.15, 0.2) is 18.1 Å². The number of benzene rings is 1. The minimum atomic E-state index is -0.0401. The molecule has 2 aromatic rings. The van der Waals surface area contributed by atoms with Crippen LogP contribution in [0.2, 0.25) is 0 Å². The van der Waals surface area contributed by atoms with Crippen LogP contribution in [0, 0.1) is 0 Å². The number of rotatable bonds is 6. The normalized spacial score (nSPS) is 17.2. The average Bonchev–Trinajstić information content (AvgIpc) is 2.68. The molecule has 1 atom stereocenters. The maximum absolute atomic E-state index is 12.7. The van der Waals surface area contributed by atoms with Crippen molar-refractivity contribution in [3.8, 4) is 11.5 Å². The van der Waals surface area contributed by atoms with E-state index in [0.29, 0.717) is 31.2 Å². The Labute approximate surface area is 147 Å². The van der Waals surface area contributed by atoms with Gasteiger partial charge in [0, 0.05) is 32.0 Å². The van der Waals surface area contributed by atoms with Crippen LogP contribution in [0.25, 0.3) is 0 Å². The molecule has 0 aliphatic carbocycles. The fourth-order valence-corrected chi connectivity index (χ4v) is 2.94. The highest BCUT2D eigenvalue weighted by atomic mass is 16.5. The largest absolute Gasteiger partial charge is 0.490 e. The number of hydrogen-bond acceptors (Lipinski definition) is 5. The summed E-state index contributed by atoms with van der Waals surface area (Å²) in [5, 5.41) is 3.34. The number of pyridine rings is 1. The molecule has 1 aromatic heterocycles. The first-order chi connectivity index (χ1) is 12.3. The highest BCUT2D eigenvalue weighted by Gasteiger charge is 2.28. The molecule has 0 bridgehead atoms. The molecule has 2 heterocycles. The fraction of sp³-hybridized carbons (Fsp3) is 0.368. The molecule has 3 rings (SSSR count). The lowest BCUT2D eigenvalue weighted by molar-refractivity contribution is -0.136. The van der Waals surface area contributed by atoms with Gasteiger partial charge in [-0.25, -0.2) is 0 Å². The first-order valence-corrected chi connectivity index (χ1v) is 8.54. The second kappa shape index (κ2) is 8.48. The van der Waals surface area contributed by atoms with E-state index in [4.69, 9.17) is 9.47 Å². The van der Waals surface area contributed by atoms with Crippen molar-refractivity contribution in [3.05, 3.63) is 54.4 Å². The Hall–Kier alpha value is -2.60. The summed E-state index contributed by atoms with van der Waals surface area (Å²) < 4.78 is 11.3. The lowest BCUT2D eigenvalue weighted by atomic mass is 10.1. The Kier molecular flexibility index (Phi) is 5.85. The standard InChI is InChI=1S/C19H23N3O3/c1-2-24-17-7-3-4-8-18(17)25-14-19(23)22-11-10-21-13-16(22)15-6-5-9-20-12-15/h3-9,12,16,21H,2,10-11,13-14H2,1H3. The van der Waals surface area contributed by atoms with Gasteiger partial charge in [0.05, 0.1) is 12.6 Å². The van der Waals surface area contributed by atoms with Gasteiger partial charge in [-0.1, -0.05) is 18.2 Å². The Morgan fingerprint density at radius 2 is 2.04 bits per heavy atom. The van der Waals surface area contributed by atoms with Crippen molar-refractivity contribution in [2.45, 2.75) is 13.0 Å². The van der Waals surface area contributed by atoms with Gasteiger partial charge in [0.1, 0.15) is 0 Å². The molecule has 1 saturated heterocycles. The Bertz CT molecular complexity index is 693. The summed E-state index contributed by atoms with van der Waals surface area (Å²) in [4.78, 5) is 18.8. The van der Waals surface area contributed by atoms with Gasteiger partial charge in [-0.3, -0.25) is 9.78 Å². The molecule has 1 aromatic carbocycles. The number of nitrogens with one attached hydrogen (secondary N) is 1. The maximum atomic E-state index is 12.7. The summed E-state index contributed by atoms with van der Waals surface area (Å²) in [7, 11) is 0. The number of piperazine rings is 1. The van der Waals surface area contributed by atoms with Crippen LogP contribution in [0.1, 0.15) is 18.5 Å². The molecule has 1 aliphatic heterocycles. The summed E-state index contributed by atoms with van der Waals surface area (Å²) in [5.41, 5.74) is 1.03. The van der Waals surface area contributed by atoms with E-state index in [2.05, 4.69) is 10.3 Å². The zero-order chi connectivity index (χ0) is 17.5. The molecule has 6 heteroatoms. The van der Waals surface area contributed by atoms with E-state index in [1.807, 2.05) is 54.4 Å². The molecule has 1 fully saturated rings. The number of para-hydroxylation sites is 2. The lowest BCUT2D eigenvalue weighted by Gasteiger charge is -2.36. The average molecular weight is 341 g/mol. The zero-order valence-electron chi connectivity index (χ0n) is 14.4. The highest BCUT2D eigenvalue weighted by Crippen LogP contribution is 2.27. The summed E-state index contributed by atoms with van der Waals surface area (Å²) in [6.45, 7) is 4.59. The molecule has 132 valence electrons. The molecule has 1 N–H and O–H groups in total. The van der Waals surface area contributed by atoms with E-state index in [1.165, 1.54) is 0 Å². The number of nitrogens with zero attached hydrogens (tertiary/aromatic N) is 2. The number of amides is 1. The molecule has 1 aliphatic rings. The van der Waals surface area contributed by atoms with E-state index < -0.39 is 0 Å². The third-order valence-corrected chi connectivity index (χ3v) is 4.13. The number of carbonyl (C=O) groups excluding carboxylic acids is 1. The quantitative estimate of drug-likeness (QED) is 0.871. The molecule has 6 nitrogen and oxygen atoms in total. The van der Waals surface area contributed by atoms with Crippen LogP contribution in [0.5, 0.6) is 11.5 Å². The molecule has 0 spiro atoms. The van der Waals surface area contributed by atoms with Gasteiger partial charge in [-0.15, -0.1) is 0 Å². The minimum absolute atomic E-state index is 0.0130. The number of aromatic nitrogens is 1. The maximum Gasteiger partial charge on any atom is 0.261 e. The van der Waals surface area contributed by atoms with Gasteiger partial charge in [0.2, 0.25) is 0 Å². The van der Waals surface area contributed by atoms with Crippen molar-refractivity contribution in [2.24, 2.45) is 0 Å². The number of hydrogen-bond donors (Lipinski definition) is 1. The SMILES string of the molecule is CCOc1ccccc1OCC(=O)N1CCNCC1c1cccnc1. The van der Waals surface area contributed by atoms with Gasteiger partial charge >= 0.3 is 0 Å². The summed E-state index contributed by atoms with van der Waals surface area (Å²) in [6.07, 6.45) is 3.54. The lowest BCUT2D eigenvalue weighted by Crippen LogP contribution is -2.50. The molecular formula is C19H23N3O3. The second-order valence-corrected chi connectivity index (χ2v) is 5.76. The zero-order valence-corrected chi connectivity index (χ0v) is 14.4. The van der Waals surface area contributed by atoms with Gasteiger partial charge in [-0.05, 0) is 30.7 Å². The van der Waals surface area contributed by atoms with Crippen molar-refractivity contribution < 1.29 is 14.3 Å². The van der Waals surface area contributed by atoms with E-state index in [0.717, 1.165) is 12.1 Å². The molecule has 1 unspecified atom stereocenters. The molecule has 25 heavy (non-hydrogen) atoms. The number of ether oxygens (including phenoxy) is 2. The highest BCUT2D eigenvalue weighted by molar-refractivity contribution is 5.78. The van der Waals surface area contributed by atoms with Crippen LogP contribution in [-0.2, 0) is 4.79 Å². The predicted molar refractivity (Wildman–Crippen MR) is 94.7 cm³/mol. The molecule has 1 amide bonds. The monoisotopic (exact) mass is 341 g/mol. The topological polar surface area (TPSA) is 63.7 Å². The first-order valence-electron chi connectivity index (χ1n) is 8.54. The van der Waals surface area contributed by atoms with E-state index in [-0.39, 0.29) is 18.6 Å². The number of carbonyl (C=O) groups is 1. The van der Waals surface area contributed by atoms with E-state index >= 15 is 0 Å². The first kappa shape index (κ1) is 17.2. The van der Waals surface area contributed by atoms with E-state index in [1.54, 1.807) is 6.20 Å². The van der Waals surface area contributed by atoms with Crippen LogP contribution >= 0.6 is 0 Å². The van der Waals surface area contributed by atoms with Gasteiger partial charge in [0.25, 0.3) is 5.91 Å². The van der Waals surface area contributed by atoms with Gasteiger partial charge in [-0.2, -0.15) is 0 Å². The van der Waals surface area contributed by atoms with Crippen LogP contribution in [0.4, 0.5) is 0 Å². The molecule has 0 radical (unpaired) electrons. The molecular weight excluding hydrogens is 318 g/mol. The van der Waals surface area contributed by atoms with Crippen LogP contribution in [-0.4, -0.2) is 48.6 Å². The summed E-state index contributed by atoms with van der Waals surface area (Å²) in [5.74, 6) is 1.20. The van der Waals surface area contributed by atoms with Gasteiger partial charge < -0.3 is 19.7 Å². The summed E-state index contributed by atoms with van der Waals surface area (Å²) in [6, 6.07) is 11.3. The Morgan fingerprint density at radius 1 is 1.24 bits per heavy atom. The molecule has 0 saturated carbocycles. The third kappa shape index (κ3) is 4.28. The third-order valence-electron chi connectivity index (χ3n) is 4.13. The van der Waals surface area contributed by atoms with E-state index in [9.17, 15) is 4.79 Å². The summed E-state index contributed by atoms with van der Waals surface area (Å²) >= 11 is 0. The Balaban J connectivity index is 1.67. The Morgan fingerprint density at radius 3 is 2.76 bits per heavy atom. The van der Waals surface area contributed by atoms with Crippen molar-refractivity contribution in [2.75, 3.05) is 32.8 Å². The second-order valence-electron chi connectivity index (χ2n) is 5.76. The van der Waals surface area contributed by atoms with Crippen LogP contribution < -0.4 is 14.8 Å². The minimum Gasteiger partial charge on any atom is -0.490 e. The van der Waals surface area contributed by atoms with Crippen molar-refractivity contribution in [1.82, 2.24) is 15.2 Å². The van der Waals surface area contributed by atoms with Crippen LogP contribution in [0.3, 0.4) is 0 Å². The van der Waals surface area contributed by atoms with Crippen molar-refractivity contribution >= 4 is 5.91 Å².